The molecule has 37 heavy (non-hydrogen) atoms. The first-order valence-electron chi connectivity index (χ1n) is 13.4. The van der Waals surface area contributed by atoms with Gasteiger partial charge in [0.15, 0.2) is 0 Å². The van der Waals surface area contributed by atoms with E-state index in [0.29, 0.717) is 49.5 Å². The maximum Gasteiger partial charge on any atom is 0.697 e. The van der Waals surface area contributed by atoms with E-state index >= 15 is 0 Å². The van der Waals surface area contributed by atoms with Crippen LogP contribution in [0.1, 0.15) is 104 Å². The van der Waals surface area contributed by atoms with Crippen molar-refractivity contribution in [2.75, 3.05) is 26.4 Å². The summed E-state index contributed by atoms with van der Waals surface area (Å²) in [4.78, 5) is 0. The normalized spacial score (nSPS) is 11.7. The molecule has 0 fully saturated rings. The van der Waals surface area contributed by atoms with E-state index in [1.807, 2.05) is 32.0 Å². The van der Waals surface area contributed by atoms with Gasteiger partial charge in [0.05, 0.1) is 18.5 Å². The molecule has 2 aromatic carbocycles. The Hall–Kier alpha value is -1.39. The zero-order chi connectivity index (χ0) is 28.2. The van der Waals surface area contributed by atoms with E-state index in [0.717, 1.165) is 5.56 Å². The minimum absolute atomic E-state index is 0.339. The molecule has 0 aliphatic rings. The Bertz CT molecular complexity index is 986. The summed E-state index contributed by atoms with van der Waals surface area (Å²) in [5, 5.41) is 0.657. The molecule has 0 aliphatic carbocycles. The summed E-state index contributed by atoms with van der Waals surface area (Å²) in [5.74, 6) is 1.13. The van der Waals surface area contributed by atoms with Gasteiger partial charge in [-0.1, -0.05) is 71.9 Å². The van der Waals surface area contributed by atoms with Crippen molar-refractivity contribution in [1.29, 1.82) is 0 Å². The first-order chi connectivity index (χ1) is 17.5. The van der Waals surface area contributed by atoms with Crippen molar-refractivity contribution in [2.45, 2.75) is 87.0 Å². The largest absolute Gasteiger partial charge is 0.697 e. The van der Waals surface area contributed by atoms with Gasteiger partial charge in [-0.25, -0.2) is 0 Å². The highest BCUT2D eigenvalue weighted by Gasteiger charge is 2.32. The van der Waals surface area contributed by atoms with E-state index in [-0.39, 0.29) is 0 Å². The summed E-state index contributed by atoms with van der Waals surface area (Å²) in [5.41, 5.74) is 6.05. The predicted octanol–water partition coefficient (Wildman–Crippen LogP) is 9.33. The van der Waals surface area contributed by atoms with Crippen molar-refractivity contribution >= 4 is 21.2 Å². The summed E-state index contributed by atoms with van der Waals surface area (Å²) < 4.78 is 44.6. The maximum absolute atomic E-state index is 13.7. The van der Waals surface area contributed by atoms with Crippen molar-refractivity contribution in [3.63, 3.8) is 0 Å². The van der Waals surface area contributed by atoms with Crippen LogP contribution in [0.5, 0.6) is 0 Å². The quantitative estimate of drug-likeness (QED) is 0.230. The SMILES string of the molecule is CCOP(=O)(OCC)c1ccccc1-c1c(C(C)C)cc(C(C)C)cc1C(C)C.CCO[P+](=O)OCC. The lowest BCUT2D eigenvalue weighted by molar-refractivity contribution is 0.230. The zero-order valence-corrected chi connectivity index (χ0v) is 26.2. The number of rotatable bonds is 13. The summed E-state index contributed by atoms with van der Waals surface area (Å²) in [6, 6.07) is 12.5. The molecule has 0 spiro atoms. The van der Waals surface area contributed by atoms with Gasteiger partial charge in [0.2, 0.25) is 0 Å². The lowest BCUT2D eigenvalue weighted by Crippen LogP contribution is -2.15. The highest BCUT2D eigenvalue weighted by atomic mass is 31.2. The predicted molar refractivity (Wildman–Crippen MR) is 155 cm³/mol. The molecule has 0 saturated carbocycles. The van der Waals surface area contributed by atoms with E-state index in [1.54, 1.807) is 13.8 Å². The van der Waals surface area contributed by atoms with Crippen molar-refractivity contribution in [3.05, 3.63) is 53.1 Å². The molecule has 6 nitrogen and oxygen atoms in total. The van der Waals surface area contributed by atoms with Crippen molar-refractivity contribution < 1.29 is 27.2 Å². The van der Waals surface area contributed by atoms with Gasteiger partial charge in [0, 0.05) is 4.57 Å². The molecule has 0 radical (unpaired) electrons. The summed E-state index contributed by atoms with van der Waals surface area (Å²) in [6.07, 6.45) is 0. The Kier molecular flexibility index (Phi) is 15.0. The highest BCUT2D eigenvalue weighted by Crippen LogP contribution is 2.50. The van der Waals surface area contributed by atoms with Gasteiger partial charge in [0.25, 0.3) is 0 Å². The minimum Gasteiger partial charge on any atom is -0.305 e. The topological polar surface area (TPSA) is 71.1 Å². The molecule has 0 amide bonds. The Morgan fingerprint density at radius 1 is 0.730 bits per heavy atom. The van der Waals surface area contributed by atoms with E-state index < -0.39 is 15.9 Å². The Morgan fingerprint density at radius 2 is 1.19 bits per heavy atom. The molecular formula is C29H47O6P2+. The van der Waals surface area contributed by atoms with Crippen LogP contribution in [-0.2, 0) is 27.2 Å². The highest BCUT2D eigenvalue weighted by molar-refractivity contribution is 7.62. The molecule has 0 aliphatic heterocycles. The third kappa shape index (κ3) is 9.70. The molecule has 2 aromatic rings. The molecule has 0 bridgehead atoms. The van der Waals surface area contributed by atoms with Gasteiger partial charge in [0.1, 0.15) is 13.2 Å². The monoisotopic (exact) mass is 553 g/mol. The van der Waals surface area contributed by atoms with E-state index in [1.165, 1.54) is 22.3 Å². The molecule has 0 heterocycles. The molecule has 0 atom stereocenters. The number of hydrogen-bond acceptors (Lipinski definition) is 6. The molecular weight excluding hydrogens is 506 g/mol. The molecule has 0 saturated heterocycles. The summed E-state index contributed by atoms with van der Waals surface area (Å²) >= 11 is 0. The van der Waals surface area contributed by atoms with Crippen molar-refractivity contribution in [1.82, 2.24) is 0 Å². The van der Waals surface area contributed by atoms with Crippen LogP contribution in [0.2, 0.25) is 0 Å². The molecule has 0 aromatic heterocycles. The Balaban J connectivity index is 0.000000738. The zero-order valence-electron chi connectivity index (χ0n) is 24.4. The average Bonchev–Trinajstić information content (AvgIpc) is 2.84. The fraction of sp³-hybridized carbons (Fsp3) is 0.586. The second-order valence-corrected chi connectivity index (χ2v) is 12.4. The van der Waals surface area contributed by atoms with Gasteiger partial charge in [-0.3, -0.25) is 4.57 Å². The minimum atomic E-state index is -3.41. The molecule has 8 heteroatoms. The van der Waals surface area contributed by atoms with Crippen LogP contribution in [0.25, 0.3) is 11.1 Å². The van der Waals surface area contributed by atoms with Crippen LogP contribution in [0.15, 0.2) is 36.4 Å². The standard InChI is InChI=1S/C25H37O3P.C4H10O3P/c1-9-27-29(26,28-10-2)24-14-12-11-13-21(24)25-22(18(5)6)15-20(17(3)4)16-23(25)19(7)8;1-3-6-8(5)7-4-2/h11-19H,9-10H2,1-8H3;3-4H2,1-2H3/q;+1. The van der Waals surface area contributed by atoms with Gasteiger partial charge in [-0.05, 0) is 79.3 Å². The summed E-state index contributed by atoms with van der Waals surface area (Å²) in [6.45, 7) is 22.2. The van der Waals surface area contributed by atoms with Crippen molar-refractivity contribution in [2.24, 2.45) is 0 Å². The fourth-order valence-corrected chi connectivity index (χ4v) is 6.23. The molecule has 2 rings (SSSR count). The first kappa shape index (κ1) is 33.6. The molecule has 0 N–H and O–H groups in total. The second-order valence-electron chi connectivity index (χ2n) is 9.45. The van der Waals surface area contributed by atoms with Crippen LogP contribution in [-0.4, -0.2) is 26.4 Å². The summed E-state index contributed by atoms with van der Waals surface area (Å²) in [7, 11) is -5.24. The number of hydrogen-bond donors (Lipinski definition) is 0. The van der Waals surface area contributed by atoms with Gasteiger partial charge >= 0.3 is 15.9 Å². The molecule has 0 unspecified atom stereocenters. The van der Waals surface area contributed by atoms with Gasteiger partial charge < -0.3 is 9.05 Å². The lowest BCUT2D eigenvalue weighted by Gasteiger charge is -2.26. The van der Waals surface area contributed by atoms with Crippen molar-refractivity contribution in [3.8, 4) is 11.1 Å². The first-order valence-corrected chi connectivity index (χ1v) is 16.0. The Labute approximate surface area is 225 Å². The average molecular weight is 554 g/mol. The number of benzene rings is 2. The fourth-order valence-electron chi connectivity index (χ4n) is 3.96. The van der Waals surface area contributed by atoms with E-state index in [2.05, 4.69) is 68.8 Å². The van der Waals surface area contributed by atoms with E-state index in [9.17, 15) is 9.13 Å². The van der Waals surface area contributed by atoms with Gasteiger partial charge in [-0.2, -0.15) is 0 Å². The third-order valence-corrected chi connectivity index (χ3v) is 8.78. The smallest absolute Gasteiger partial charge is 0.305 e. The molecule has 208 valence electrons. The Morgan fingerprint density at radius 3 is 1.57 bits per heavy atom. The van der Waals surface area contributed by atoms with Gasteiger partial charge in [-0.15, -0.1) is 9.05 Å². The van der Waals surface area contributed by atoms with Crippen LogP contribution >= 0.6 is 15.9 Å². The van der Waals surface area contributed by atoms with Crippen LogP contribution in [0.3, 0.4) is 0 Å². The van der Waals surface area contributed by atoms with Crippen LogP contribution in [0.4, 0.5) is 0 Å². The maximum atomic E-state index is 13.7. The third-order valence-electron chi connectivity index (χ3n) is 5.67. The van der Waals surface area contributed by atoms with Crippen LogP contribution in [0, 0.1) is 0 Å². The second kappa shape index (κ2) is 16.5. The lowest BCUT2D eigenvalue weighted by atomic mass is 9.82. The van der Waals surface area contributed by atoms with E-state index in [4.69, 9.17) is 9.05 Å². The van der Waals surface area contributed by atoms with Crippen LogP contribution < -0.4 is 5.30 Å².